The van der Waals surface area contributed by atoms with Crippen molar-refractivity contribution in [3.8, 4) is 11.5 Å². The maximum absolute atomic E-state index is 6.18. The molecule has 1 aromatic carbocycles. The van der Waals surface area contributed by atoms with Crippen LogP contribution in [0.2, 0.25) is 18.6 Å². The van der Waals surface area contributed by atoms with Gasteiger partial charge in [0.2, 0.25) is 0 Å². The molecule has 228 valence electrons. The fourth-order valence-electron chi connectivity index (χ4n) is 10.5. The highest BCUT2D eigenvalue weighted by Crippen LogP contribution is 2.64. The predicted molar refractivity (Wildman–Crippen MR) is 178 cm³/mol. The summed E-state index contributed by atoms with van der Waals surface area (Å²) >= 11 is 0. The van der Waals surface area contributed by atoms with Gasteiger partial charge in [0.25, 0.3) is 0 Å². The Balaban J connectivity index is 1.67. The van der Waals surface area contributed by atoms with Crippen LogP contribution in [0, 0.1) is 17.8 Å². The Morgan fingerprint density at radius 1 is 0.878 bits per heavy atom. The third-order valence-electron chi connectivity index (χ3n) is 10.8. The van der Waals surface area contributed by atoms with Gasteiger partial charge in [-0.05, 0) is 119 Å². The van der Waals surface area contributed by atoms with Gasteiger partial charge >= 0.3 is 0 Å². The lowest BCUT2D eigenvalue weighted by atomic mass is 9.68. The van der Waals surface area contributed by atoms with Crippen LogP contribution in [-0.2, 0) is 5.41 Å². The van der Waals surface area contributed by atoms with Gasteiger partial charge < -0.3 is 14.0 Å². The molecule has 0 aromatic heterocycles. The average molecular weight is 578 g/mol. The molecule has 41 heavy (non-hydrogen) atoms. The summed E-state index contributed by atoms with van der Waals surface area (Å²) in [7, 11) is -1.86. The number of fused-ring (bicyclic) bond motifs is 5. The molecule has 1 saturated carbocycles. The summed E-state index contributed by atoms with van der Waals surface area (Å²) in [6.07, 6.45) is 14.4. The van der Waals surface area contributed by atoms with Crippen LogP contribution in [0.15, 0.2) is 29.9 Å². The van der Waals surface area contributed by atoms with Crippen LogP contribution in [0.5, 0.6) is 11.5 Å². The molecule has 0 amide bonds. The van der Waals surface area contributed by atoms with Gasteiger partial charge in [0, 0.05) is 16.5 Å². The summed E-state index contributed by atoms with van der Waals surface area (Å²) < 4.78 is 15.3. The lowest BCUT2D eigenvalue weighted by Crippen LogP contribution is -2.67. The SMILES string of the molecule is CCCCC1(CCCC)C2=CC3C(C=C2c2cc4c(cc21)OCCO4)CC(C)C3[Si](C)(C)N(C(C)(C)C)C(C)(C)C. The lowest BCUT2D eigenvalue weighted by Gasteiger charge is -2.57. The molecule has 1 aliphatic heterocycles. The number of benzene rings is 1. The molecule has 1 heterocycles. The molecule has 0 N–H and O–H groups in total. The third-order valence-corrected chi connectivity index (χ3v) is 15.9. The topological polar surface area (TPSA) is 21.7 Å². The highest BCUT2D eigenvalue weighted by atomic mass is 28.3. The van der Waals surface area contributed by atoms with Crippen molar-refractivity contribution in [2.45, 2.75) is 142 Å². The van der Waals surface area contributed by atoms with E-state index in [0.29, 0.717) is 25.0 Å². The molecule has 1 fully saturated rings. The third kappa shape index (κ3) is 5.17. The highest BCUT2D eigenvalue weighted by Gasteiger charge is 2.57. The van der Waals surface area contributed by atoms with Crippen molar-refractivity contribution in [2.75, 3.05) is 13.2 Å². The Bertz CT molecular complexity index is 1170. The van der Waals surface area contributed by atoms with Crippen LogP contribution < -0.4 is 9.47 Å². The summed E-state index contributed by atoms with van der Waals surface area (Å²) in [5.41, 5.74) is 7.24. The fraction of sp³-hybridized carbons (Fsp3) is 0.730. The van der Waals surface area contributed by atoms with Gasteiger partial charge in [0.1, 0.15) is 21.4 Å². The molecule has 3 aliphatic carbocycles. The van der Waals surface area contributed by atoms with Crippen molar-refractivity contribution in [2.24, 2.45) is 17.8 Å². The van der Waals surface area contributed by atoms with E-state index in [0.717, 1.165) is 23.0 Å². The van der Waals surface area contributed by atoms with E-state index >= 15 is 0 Å². The van der Waals surface area contributed by atoms with Crippen LogP contribution in [0.4, 0.5) is 0 Å². The van der Waals surface area contributed by atoms with Gasteiger partial charge in [0.15, 0.2) is 11.5 Å². The molecule has 0 saturated heterocycles. The molecular weight excluding hydrogens is 518 g/mol. The molecule has 4 atom stereocenters. The number of nitrogens with zero attached hydrogens (tertiary/aromatic N) is 1. The van der Waals surface area contributed by atoms with Crippen molar-refractivity contribution >= 4 is 13.8 Å². The van der Waals surface area contributed by atoms with E-state index < -0.39 is 8.24 Å². The number of unbranched alkanes of at least 4 members (excludes halogenated alkanes) is 2. The number of hydrogen-bond acceptors (Lipinski definition) is 3. The molecule has 4 aliphatic rings. The largest absolute Gasteiger partial charge is 0.486 e. The Labute approximate surface area is 253 Å². The van der Waals surface area contributed by atoms with Crippen molar-refractivity contribution in [1.29, 1.82) is 0 Å². The van der Waals surface area contributed by atoms with Gasteiger partial charge in [-0.25, -0.2) is 0 Å². The van der Waals surface area contributed by atoms with Crippen LogP contribution >= 0.6 is 0 Å². The molecular formula is C37H59NO2Si. The van der Waals surface area contributed by atoms with E-state index in [1.807, 2.05) is 0 Å². The van der Waals surface area contributed by atoms with Crippen LogP contribution in [0.25, 0.3) is 5.57 Å². The molecule has 5 rings (SSSR count). The Morgan fingerprint density at radius 2 is 1.44 bits per heavy atom. The first kappa shape index (κ1) is 30.9. The minimum Gasteiger partial charge on any atom is -0.486 e. The first-order valence-electron chi connectivity index (χ1n) is 16.9. The normalized spacial score (nSPS) is 26.8. The second-order valence-electron chi connectivity index (χ2n) is 16.3. The zero-order valence-electron chi connectivity index (χ0n) is 28.2. The van der Waals surface area contributed by atoms with Gasteiger partial charge in [-0.2, -0.15) is 0 Å². The second kappa shape index (κ2) is 10.9. The summed E-state index contributed by atoms with van der Waals surface area (Å²) in [5.74, 6) is 3.87. The van der Waals surface area contributed by atoms with E-state index in [1.54, 1.807) is 5.57 Å². The quantitative estimate of drug-likeness (QED) is 0.287. The lowest BCUT2D eigenvalue weighted by molar-refractivity contribution is 0.121. The van der Waals surface area contributed by atoms with E-state index in [2.05, 4.69) is 104 Å². The van der Waals surface area contributed by atoms with Crippen LogP contribution in [0.3, 0.4) is 0 Å². The minimum absolute atomic E-state index is 0.0871. The molecule has 4 unspecified atom stereocenters. The van der Waals surface area contributed by atoms with Gasteiger partial charge in [-0.3, -0.25) is 0 Å². The molecule has 4 heteroatoms. The summed E-state index contributed by atoms with van der Waals surface area (Å²) in [6.45, 7) is 28.6. The standard InChI is InChI=1S/C37H59NO2Si/c1-12-14-16-37(17-15-13-2)30-22-27-26(21-28(30)29-23-32-33(24-31(29)37)40-19-18-39-32)20-25(3)34(27)41(10,11)38(35(4,5)6)36(7,8)9/h21-27,34H,12-20H2,1-11H3. The Morgan fingerprint density at radius 3 is 1.98 bits per heavy atom. The van der Waals surface area contributed by atoms with E-state index in [-0.39, 0.29) is 16.5 Å². The monoisotopic (exact) mass is 577 g/mol. The summed E-state index contributed by atoms with van der Waals surface area (Å²) in [5, 5.41) is 0. The molecule has 0 radical (unpaired) electrons. The smallest absolute Gasteiger partial charge is 0.161 e. The van der Waals surface area contributed by atoms with E-state index in [9.17, 15) is 0 Å². The summed E-state index contributed by atoms with van der Waals surface area (Å²) in [6, 6.07) is 4.74. The molecule has 1 aromatic rings. The van der Waals surface area contributed by atoms with Gasteiger partial charge in [-0.15, -0.1) is 0 Å². The van der Waals surface area contributed by atoms with Gasteiger partial charge in [-0.1, -0.05) is 71.7 Å². The van der Waals surface area contributed by atoms with Crippen LogP contribution in [-0.4, -0.2) is 37.1 Å². The number of allylic oxidation sites excluding steroid dienone is 4. The van der Waals surface area contributed by atoms with Crippen molar-refractivity contribution < 1.29 is 9.47 Å². The van der Waals surface area contributed by atoms with E-state index in [1.165, 1.54) is 61.6 Å². The highest BCUT2D eigenvalue weighted by molar-refractivity contribution is 6.76. The zero-order chi connectivity index (χ0) is 30.0. The Kier molecular flexibility index (Phi) is 8.20. The first-order valence-corrected chi connectivity index (χ1v) is 19.9. The minimum atomic E-state index is -1.86. The number of hydrogen-bond donors (Lipinski definition) is 0. The second-order valence-corrected chi connectivity index (χ2v) is 20.7. The fourth-order valence-corrected chi connectivity index (χ4v) is 17.1. The summed E-state index contributed by atoms with van der Waals surface area (Å²) in [4.78, 5) is 0. The predicted octanol–water partition coefficient (Wildman–Crippen LogP) is 10.2. The maximum Gasteiger partial charge on any atom is 0.161 e. The Hall–Kier alpha value is -1.52. The molecule has 3 nitrogen and oxygen atoms in total. The molecule has 0 spiro atoms. The van der Waals surface area contributed by atoms with Crippen LogP contribution in [0.1, 0.15) is 118 Å². The number of rotatable bonds is 8. The maximum atomic E-state index is 6.18. The van der Waals surface area contributed by atoms with Crippen molar-refractivity contribution in [3.05, 3.63) is 41.0 Å². The van der Waals surface area contributed by atoms with E-state index in [4.69, 9.17) is 9.47 Å². The van der Waals surface area contributed by atoms with Crippen molar-refractivity contribution in [3.63, 3.8) is 0 Å². The number of ether oxygens (including phenoxy) is 2. The zero-order valence-corrected chi connectivity index (χ0v) is 29.2. The van der Waals surface area contributed by atoms with Crippen molar-refractivity contribution in [1.82, 2.24) is 4.57 Å². The first-order chi connectivity index (χ1) is 19.2. The molecule has 0 bridgehead atoms. The van der Waals surface area contributed by atoms with Gasteiger partial charge in [0.05, 0.1) is 0 Å². The average Bonchev–Trinajstić information content (AvgIpc) is 3.32.